The van der Waals surface area contributed by atoms with Crippen molar-refractivity contribution in [1.29, 1.82) is 0 Å². The zero-order chi connectivity index (χ0) is 15.0. The van der Waals surface area contributed by atoms with Crippen molar-refractivity contribution in [2.45, 2.75) is 36.1 Å². The van der Waals surface area contributed by atoms with Crippen LogP contribution in [0.15, 0.2) is 17.0 Å². The highest BCUT2D eigenvalue weighted by Gasteiger charge is 2.39. The Morgan fingerprint density at radius 1 is 1.10 bits per heavy atom. The van der Waals surface area contributed by atoms with Crippen molar-refractivity contribution in [2.24, 2.45) is 5.73 Å². The van der Waals surface area contributed by atoms with Crippen LogP contribution in [0.3, 0.4) is 0 Å². The molecule has 0 saturated heterocycles. The number of nitrogens with two attached hydrogens (primary N) is 1. The summed E-state index contributed by atoms with van der Waals surface area (Å²) in [6.45, 7) is 0. The van der Waals surface area contributed by atoms with Crippen LogP contribution in [-0.4, -0.2) is 28.9 Å². The van der Waals surface area contributed by atoms with Crippen molar-refractivity contribution < 1.29 is 17.9 Å². The van der Waals surface area contributed by atoms with Crippen LogP contribution in [0.1, 0.15) is 31.2 Å². The number of ether oxygens (including phenoxy) is 2. The molecule has 112 valence electrons. The summed E-state index contributed by atoms with van der Waals surface area (Å²) in [6.07, 6.45) is 4.64. The van der Waals surface area contributed by atoms with E-state index in [0.29, 0.717) is 17.1 Å². The van der Waals surface area contributed by atoms with Crippen LogP contribution < -0.4 is 15.2 Å². The first kappa shape index (κ1) is 15.1. The summed E-state index contributed by atoms with van der Waals surface area (Å²) in [4.78, 5) is 0.156. The van der Waals surface area contributed by atoms with Crippen molar-refractivity contribution in [1.82, 2.24) is 0 Å². The van der Waals surface area contributed by atoms with Gasteiger partial charge in [-0.2, -0.15) is 0 Å². The van der Waals surface area contributed by atoms with Crippen molar-refractivity contribution in [3.63, 3.8) is 0 Å². The van der Waals surface area contributed by atoms with E-state index in [-0.39, 0.29) is 4.90 Å². The standard InChI is InChI=1S/C14H21NO4S/c1-18-10-6-7-11(19-2)13(20(3,16)17)12(10)14(15)8-4-5-9-14/h6-7H,4-5,8-9,15H2,1-3H3. The van der Waals surface area contributed by atoms with E-state index < -0.39 is 15.4 Å². The molecule has 0 aromatic heterocycles. The third kappa shape index (κ3) is 2.50. The Kier molecular flexibility index (Phi) is 3.97. The fourth-order valence-electron chi connectivity index (χ4n) is 2.97. The van der Waals surface area contributed by atoms with Crippen LogP contribution in [0, 0.1) is 0 Å². The Hall–Kier alpha value is -1.27. The van der Waals surface area contributed by atoms with Gasteiger partial charge in [-0.1, -0.05) is 12.8 Å². The molecular formula is C14H21NO4S. The maximum atomic E-state index is 12.2. The van der Waals surface area contributed by atoms with E-state index in [1.165, 1.54) is 20.5 Å². The summed E-state index contributed by atoms with van der Waals surface area (Å²) >= 11 is 0. The second-order valence-corrected chi connectivity index (χ2v) is 7.26. The van der Waals surface area contributed by atoms with Gasteiger partial charge < -0.3 is 15.2 Å². The highest BCUT2D eigenvalue weighted by molar-refractivity contribution is 7.90. The molecule has 0 radical (unpaired) electrons. The lowest BCUT2D eigenvalue weighted by Crippen LogP contribution is -2.35. The lowest BCUT2D eigenvalue weighted by Gasteiger charge is -2.29. The molecule has 1 aliphatic carbocycles. The lowest BCUT2D eigenvalue weighted by atomic mass is 9.88. The molecule has 5 nitrogen and oxygen atoms in total. The van der Waals surface area contributed by atoms with E-state index in [9.17, 15) is 8.42 Å². The molecule has 1 saturated carbocycles. The van der Waals surface area contributed by atoms with Crippen LogP contribution in [0.4, 0.5) is 0 Å². The molecule has 0 spiro atoms. The van der Waals surface area contributed by atoms with Crippen LogP contribution in [0.25, 0.3) is 0 Å². The van der Waals surface area contributed by atoms with Gasteiger partial charge in [-0.05, 0) is 25.0 Å². The predicted octanol–water partition coefficient (Wildman–Crippen LogP) is 1.84. The molecule has 1 aromatic carbocycles. The summed E-state index contributed by atoms with van der Waals surface area (Å²) in [7, 11) is -0.489. The van der Waals surface area contributed by atoms with E-state index in [1.807, 2.05) is 0 Å². The number of sulfone groups is 1. The maximum Gasteiger partial charge on any atom is 0.179 e. The van der Waals surface area contributed by atoms with Crippen molar-refractivity contribution in [3.05, 3.63) is 17.7 Å². The number of methoxy groups -OCH3 is 2. The third-order valence-corrected chi connectivity index (χ3v) is 5.03. The fourth-order valence-corrected chi connectivity index (χ4v) is 4.16. The van der Waals surface area contributed by atoms with Gasteiger partial charge in [0.2, 0.25) is 0 Å². The predicted molar refractivity (Wildman–Crippen MR) is 77.0 cm³/mol. The van der Waals surface area contributed by atoms with Gasteiger partial charge in [0, 0.05) is 17.4 Å². The van der Waals surface area contributed by atoms with Crippen LogP contribution in [-0.2, 0) is 15.4 Å². The largest absolute Gasteiger partial charge is 0.496 e. The Balaban J connectivity index is 2.81. The smallest absolute Gasteiger partial charge is 0.179 e. The molecule has 0 aliphatic heterocycles. The molecule has 20 heavy (non-hydrogen) atoms. The Morgan fingerprint density at radius 2 is 1.60 bits per heavy atom. The molecule has 0 bridgehead atoms. The van der Waals surface area contributed by atoms with E-state index in [0.717, 1.165) is 25.7 Å². The molecule has 0 unspecified atom stereocenters. The van der Waals surface area contributed by atoms with Crippen molar-refractivity contribution in [2.75, 3.05) is 20.5 Å². The normalized spacial score (nSPS) is 18.0. The highest BCUT2D eigenvalue weighted by atomic mass is 32.2. The van der Waals surface area contributed by atoms with Gasteiger partial charge in [-0.3, -0.25) is 0 Å². The van der Waals surface area contributed by atoms with E-state index in [1.54, 1.807) is 12.1 Å². The summed E-state index contributed by atoms with van der Waals surface area (Å²) < 4.78 is 35.0. The Labute approximate surface area is 120 Å². The first-order valence-corrected chi connectivity index (χ1v) is 8.47. The van der Waals surface area contributed by atoms with Crippen molar-refractivity contribution >= 4 is 9.84 Å². The molecule has 2 rings (SSSR count). The fraction of sp³-hybridized carbons (Fsp3) is 0.571. The van der Waals surface area contributed by atoms with Crippen LogP contribution in [0.5, 0.6) is 11.5 Å². The average Bonchev–Trinajstić information content (AvgIpc) is 2.84. The topological polar surface area (TPSA) is 78.6 Å². The van der Waals surface area contributed by atoms with Gasteiger partial charge >= 0.3 is 0 Å². The third-order valence-electron chi connectivity index (χ3n) is 3.89. The molecule has 2 N–H and O–H groups in total. The highest BCUT2D eigenvalue weighted by Crippen LogP contribution is 2.46. The molecule has 1 fully saturated rings. The van der Waals surface area contributed by atoms with Gasteiger partial charge in [0.1, 0.15) is 16.4 Å². The second kappa shape index (κ2) is 5.26. The summed E-state index contributed by atoms with van der Waals surface area (Å²) in [5.74, 6) is 0.829. The second-order valence-electron chi connectivity index (χ2n) is 5.31. The molecule has 1 aromatic rings. The number of rotatable bonds is 4. The Bertz CT molecular complexity index is 604. The van der Waals surface area contributed by atoms with Crippen molar-refractivity contribution in [3.8, 4) is 11.5 Å². The van der Waals surface area contributed by atoms with E-state index in [4.69, 9.17) is 15.2 Å². The minimum Gasteiger partial charge on any atom is -0.496 e. The molecule has 0 atom stereocenters. The number of benzene rings is 1. The quantitative estimate of drug-likeness (QED) is 0.917. The maximum absolute atomic E-state index is 12.2. The van der Waals surface area contributed by atoms with Gasteiger partial charge in [-0.25, -0.2) is 8.42 Å². The first-order chi connectivity index (χ1) is 9.33. The zero-order valence-electron chi connectivity index (χ0n) is 12.1. The summed E-state index contributed by atoms with van der Waals surface area (Å²) in [5.41, 5.74) is 6.36. The van der Waals surface area contributed by atoms with E-state index in [2.05, 4.69) is 0 Å². The molecule has 1 aliphatic rings. The summed E-state index contributed by atoms with van der Waals surface area (Å²) in [6, 6.07) is 3.33. The molecule has 0 amide bonds. The van der Waals surface area contributed by atoms with Gasteiger partial charge in [-0.15, -0.1) is 0 Å². The Morgan fingerprint density at radius 3 is 2.05 bits per heavy atom. The van der Waals surface area contributed by atoms with Crippen LogP contribution in [0.2, 0.25) is 0 Å². The molecule has 6 heteroatoms. The summed E-state index contributed by atoms with van der Waals surface area (Å²) in [5, 5.41) is 0. The zero-order valence-corrected chi connectivity index (χ0v) is 12.9. The number of hydrogen-bond donors (Lipinski definition) is 1. The van der Waals surface area contributed by atoms with Crippen LogP contribution >= 0.6 is 0 Å². The SMILES string of the molecule is COc1ccc(OC)c(S(C)(=O)=O)c1C1(N)CCCC1. The minimum absolute atomic E-state index is 0.156. The van der Waals surface area contributed by atoms with E-state index >= 15 is 0 Å². The average molecular weight is 299 g/mol. The lowest BCUT2D eigenvalue weighted by molar-refractivity contribution is 0.359. The van der Waals surface area contributed by atoms with Gasteiger partial charge in [0.25, 0.3) is 0 Å². The number of hydrogen-bond acceptors (Lipinski definition) is 5. The first-order valence-electron chi connectivity index (χ1n) is 6.58. The van der Waals surface area contributed by atoms with Gasteiger partial charge in [0.05, 0.1) is 14.2 Å². The minimum atomic E-state index is -3.47. The van der Waals surface area contributed by atoms with Gasteiger partial charge in [0.15, 0.2) is 9.84 Å². The monoisotopic (exact) mass is 299 g/mol. The molecular weight excluding hydrogens is 278 g/mol. The molecule has 0 heterocycles.